The Labute approximate surface area is 113 Å². The van der Waals surface area contributed by atoms with Gasteiger partial charge in [0.15, 0.2) is 5.75 Å². The van der Waals surface area contributed by atoms with Crippen molar-refractivity contribution < 1.29 is 9.13 Å². The van der Waals surface area contributed by atoms with E-state index in [-0.39, 0.29) is 5.82 Å². The molecular formula is C16H18FNO. The summed E-state index contributed by atoms with van der Waals surface area (Å²) >= 11 is 0. The van der Waals surface area contributed by atoms with Crippen molar-refractivity contribution in [2.45, 2.75) is 26.2 Å². The highest BCUT2D eigenvalue weighted by Gasteiger charge is 2.11. The summed E-state index contributed by atoms with van der Waals surface area (Å²) in [6.07, 6.45) is 1.01. The number of hydrogen-bond acceptors (Lipinski definition) is 2. The number of anilines is 1. The van der Waals surface area contributed by atoms with Gasteiger partial charge in [-0.2, -0.15) is 0 Å². The van der Waals surface area contributed by atoms with E-state index in [0.29, 0.717) is 17.4 Å². The molecule has 0 aliphatic carbocycles. The molecule has 0 radical (unpaired) electrons. The zero-order valence-corrected chi connectivity index (χ0v) is 11.2. The lowest BCUT2D eigenvalue weighted by molar-refractivity contribution is 0.467. The summed E-state index contributed by atoms with van der Waals surface area (Å²) in [7, 11) is 0. The standard InChI is InChI=1S/C16H18FNO/c1-3-11(2)13-6-4-5-7-15(13)19-16-10-12(17)8-9-14(16)18/h4-11H,3,18H2,1-2H3. The number of ether oxygens (including phenoxy) is 1. The number of rotatable bonds is 4. The first-order valence-corrected chi connectivity index (χ1v) is 6.43. The molecule has 2 aromatic carbocycles. The molecule has 0 spiro atoms. The van der Waals surface area contributed by atoms with Crippen LogP contribution in [0.5, 0.6) is 11.5 Å². The Morgan fingerprint density at radius 3 is 2.63 bits per heavy atom. The van der Waals surface area contributed by atoms with Crippen molar-refractivity contribution in [3.63, 3.8) is 0 Å². The lowest BCUT2D eigenvalue weighted by Gasteiger charge is -2.16. The van der Waals surface area contributed by atoms with Crippen molar-refractivity contribution in [2.75, 3.05) is 5.73 Å². The molecule has 0 aliphatic rings. The fourth-order valence-electron chi connectivity index (χ4n) is 1.92. The fraction of sp³-hybridized carbons (Fsp3) is 0.250. The van der Waals surface area contributed by atoms with E-state index in [1.807, 2.05) is 24.3 Å². The van der Waals surface area contributed by atoms with Gasteiger partial charge in [-0.1, -0.05) is 32.0 Å². The number of halogens is 1. The Morgan fingerprint density at radius 2 is 1.89 bits per heavy atom. The van der Waals surface area contributed by atoms with E-state index in [9.17, 15) is 4.39 Å². The van der Waals surface area contributed by atoms with Crippen LogP contribution in [0.2, 0.25) is 0 Å². The molecule has 19 heavy (non-hydrogen) atoms. The molecule has 2 rings (SSSR count). The number of nitrogens with two attached hydrogens (primary N) is 1. The lowest BCUT2D eigenvalue weighted by atomic mass is 9.98. The van der Waals surface area contributed by atoms with Crippen molar-refractivity contribution in [2.24, 2.45) is 0 Å². The van der Waals surface area contributed by atoms with Crippen LogP contribution in [0.1, 0.15) is 31.7 Å². The van der Waals surface area contributed by atoms with Gasteiger partial charge in [0, 0.05) is 6.07 Å². The van der Waals surface area contributed by atoms with E-state index >= 15 is 0 Å². The van der Waals surface area contributed by atoms with E-state index in [4.69, 9.17) is 10.5 Å². The monoisotopic (exact) mass is 259 g/mol. The van der Waals surface area contributed by atoms with E-state index in [1.165, 1.54) is 18.2 Å². The number of hydrogen-bond donors (Lipinski definition) is 1. The summed E-state index contributed by atoms with van der Waals surface area (Å²) in [5.74, 6) is 1.11. The molecule has 0 amide bonds. The number of benzene rings is 2. The molecule has 2 aromatic rings. The third-order valence-corrected chi connectivity index (χ3v) is 3.26. The van der Waals surface area contributed by atoms with Crippen molar-refractivity contribution in [3.05, 3.63) is 53.8 Å². The zero-order chi connectivity index (χ0) is 13.8. The third kappa shape index (κ3) is 3.05. The smallest absolute Gasteiger partial charge is 0.153 e. The normalized spacial score (nSPS) is 12.2. The highest BCUT2D eigenvalue weighted by Crippen LogP contribution is 2.34. The number of nitrogen functional groups attached to an aromatic ring is 1. The van der Waals surface area contributed by atoms with Gasteiger partial charge in [0.25, 0.3) is 0 Å². The minimum absolute atomic E-state index is 0.356. The Bertz CT molecular complexity index is 568. The first-order chi connectivity index (χ1) is 9.11. The summed E-state index contributed by atoms with van der Waals surface area (Å²) < 4.78 is 19.0. The van der Waals surface area contributed by atoms with Crippen LogP contribution in [0.15, 0.2) is 42.5 Å². The summed E-state index contributed by atoms with van der Waals surface area (Å²) in [6, 6.07) is 11.9. The molecule has 0 fully saturated rings. The maximum Gasteiger partial charge on any atom is 0.153 e. The molecule has 0 aliphatic heterocycles. The van der Waals surface area contributed by atoms with Crippen LogP contribution in [-0.4, -0.2) is 0 Å². The maximum atomic E-state index is 13.2. The lowest BCUT2D eigenvalue weighted by Crippen LogP contribution is -1.98. The molecule has 100 valence electrons. The highest BCUT2D eigenvalue weighted by atomic mass is 19.1. The van der Waals surface area contributed by atoms with E-state index in [1.54, 1.807) is 0 Å². The van der Waals surface area contributed by atoms with E-state index in [0.717, 1.165) is 17.7 Å². The maximum absolute atomic E-state index is 13.2. The molecule has 0 saturated carbocycles. The molecule has 0 heterocycles. The quantitative estimate of drug-likeness (QED) is 0.807. The minimum atomic E-state index is -0.356. The summed E-state index contributed by atoms with van der Waals surface area (Å²) in [6.45, 7) is 4.26. The first-order valence-electron chi connectivity index (χ1n) is 6.43. The molecule has 0 bridgehead atoms. The van der Waals surface area contributed by atoms with E-state index in [2.05, 4.69) is 13.8 Å². The van der Waals surface area contributed by atoms with Crippen LogP contribution in [0.25, 0.3) is 0 Å². The van der Waals surface area contributed by atoms with Gasteiger partial charge in [0.2, 0.25) is 0 Å². The SMILES string of the molecule is CCC(C)c1ccccc1Oc1cc(F)ccc1N. The molecule has 3 heteroatoms. The second-order valence-corrected chi connectivity index (χ2v) is 4.63. The van der Waals surface area contributed by atoms with Crippen LogP contribution in [0.3, 0.4) is 0 Å². The molecule has 0 saturated heterocycles. The number of para-hydroxylation sites is 1. The molecular weight excluding hydrogens is 241 g/mol. The van der Waals surface area contributed by atoms with Crippen LogP contribution in [0.4, 0.5) is 10.1 Å². The largest absolute Gasteiger partial charge is 0.455 e. The van der Waals surface area contributed by atoms with Gasteiger partial charge >= 0.3 is 0 Å². The molecule has 1 atom stereocenters. The topological polar surface area (TPSA) is 35.2 Å². The van der Waals surface area contributed by atoms with Crippen molar-refractivity contribution in [1.82, 2.24) is 0 Å². The van der Waals surface area contributed by atoms with Gasteiger partial charge in [-0.05, 0) is 36.1 Å². The summed E-state index contributed by atoms with van der Waals surface area (Å²) in [5, 5.41) is 0. The van der Waals surface area contributed by atoms with Crippen LogP contribution < -0.4 is 10.5 Å². The van der Waals surface area contributed by atoms with Crippen LogP contribution in [-0.2, 0) is 0 Å². The Balaban J connectivity index is 2.35. The predicted octanol–water partition coefficient (Wildman–Crippen LogP) is 4.71. The summed E-state index contributed by atoms with van der Waals surface area (Å²) in [5.41, 5.74) is 7.34. The average molecular weight is 259 g/mol. The van der Waals surface area contributed by atoms with Crippen molar-refractivity contribution >= 4 is 5.69 Å². The molecule has 1 unspecified atom stereocenters. The second kappa shape index (κ2) is 5.74. The Kier molecular flexibility index (Phi) is 4.05. The predicted molar refractivity (Wildman–Crippen MR) is 76.0 cm³/mol. The average Bonchev–Trinajstić information content (AvgIpc) is 2.42. The zero-order valence-electron chi connectivity index (χ0n) is 11.2. The molecule has 0 aromatic heterocycles. The van der Waals surface area contributed by atoms with Gasteiger partial charge in [0.05, 0.1) is 5.69 Å². The van der Waals surface area contributed by atoms with E-state index < -0.39 is 0 Å². The second-order valence-electron chi connectivity index (χ2n) is 4.63. The molecule has 2 nitrogen and oxygen atoms in total. The first kappa shape index (κ1) is 13.4. The van der Waals surface area contributed by atoms with Gasteiger partial charge in [0.1, 0.15) is 11.6 Å². The Hall–Kier alpha value is -2.03. The minimum Gasteiger partial charge on any atom is -0.455 e. The van der Waals surface area contributed by atoms with Gasteiger partial charge < -0.3 is 10.5 Å². The van der Waals surface area contributed by atoms with Gasteiger partial charge in [-0.3, -0.25) is 0 Å². The van der Waals surface area contributed by atoms with Crippen molar-refractivity contribution in [3.8, 4) is 11.5 Å². The van der Waals surface area contributed by atoms with Crippen LogP contribution >= 0.6 is 0 Å². The van der Waals surface area contributed by atoms with Crippen LogP contribution in [0, 0.1) is 5.82 Å². The molecule has 2 N–H and O–H groups in total. The third-order valence-electron chi connectivity index (χ3n) is 3.26. The summed E-state index contributed by atoms with van der Waals surface area (Å²) in [4.78, 5) is 0. The van der Waals surface area contributed by atoms with Gasteiger partial charge in [-0.15, -0.1) is 0 Å². The highest BCUT2D eigenvalue weighted by molar-refractivity contribution is 5.54. The fourth-order valence-corrected chi connectivity index (χ4v) is 1.92. The van der Waals surface area contributed by atoms with Crippen molar-refractivity contribution in [1.29, 1.82) is 0 Å². The Morgan fingerprint density at radius 1 is 1.16 bits per heavy atom. The van der Waals surface area contributed by atoms with Gasteiger partial charge in [-0.25, -0.2) is 4.39 Å².